The summed E-state index contributed by atoms with van der Waals surface area (Å²) in [6.45, 7) is 2.34. The van der Waals surface area contributed by atoms with E-state index < -0.39 is 6.61 Å². The largest absolute Gasteiger partial charge is 0.434 e. The van der Waals surface area contributed by atoms with Crippen molar-refractivity contribution in [2.45, 2.75) is 46.4 Å². The van der Waals surface area contributed by atoms with Crippen LogP contribution in [-0.4, -0.2) is 25.0 Å². The lowest BCUT2D eigenvalue weighted by Crippen LogP contribution is -2.36. The summed E-state index contributed by atoms with van der Waals surface area (Å²) in [4.78, 5) is 16.3. The fourth-order valence-corrected chi connectivity index (χ4v) is 2.75. The van der Waals surface area contributed by atoms with Crippen molar-refractivity contribution in [2.24, 2.45) is 4.99 Å². The molecule has 2 rings (SSSR count). The molecule has 0 aliphatic rings. The number of nitrogens with one attached hydrogen (secondary N) is 3. The molecule has 0 saturated carbocycles. The van der Waals surface area contributed by atoms with Crippen molar-refractivity contribution in [1.29, 1.82) is 0 Å². The van der Waals surface area contributed by atoms with Gasteiger partial charge >= 0.3 is 6.61 Å². The number of alkyl halides is 2. The molecule has 30 heavy (non-hydrogen) atoms. The molecule has 0 unspecified atom stereocenters. The third-order valence-corrected chi connectivity index (χ3v) is 4.09. The molecule has 8 heteroatoms. The summed E-state index contributed by atoms with van der Waals surface area (Å²) in [7, 11) is 0. The summed E-state index contributed by atoms with van der Waals surface area (Å²) in [5, 5.41) is 9.13. The SMILES string of the molecule is CCCC(=O)Nc1cccc(CN=C(NCC)NCc2ccccc2OC(F)F)c1. The predicted octanol–water partition coefficient (Wildman–Crippen LogP) is 4.28. The first-order chi connectivity index (χ1) is 14.5. The van der Waals surface area contributed by atoms with Gasteiger partial charge in [0.15, 0.2) is 5.96 Å². The molecule has 0 saturated heterocycles. The number of rotatable bonds is 10. The normalized spacial score (nSPS) is 11.3. The number of guanidine groups is 1. The zero-order valence-electron chi connectivity index (χ0n) is 17.3. The van der Waals surface area contributed by atoms with E-state index >= 15 is 0 Å². The third kappa shape index (κ3) is 8.06. The van der Waals surface area contributed by atoms with Crippen molar-refractivity contribution in [2.75, 3.05) is 11.9 Å². The molecule has 0 aliphatic carbocycles. The van der Waals surface area contributed by atoms with E-state index in [1.54, 1.807) is 18.2 Å². The fraction of sp³-hybridized carbons (Fsp3) is 0.364. The lowest BCUT2D eigenvalue weighted by molar-refractivity contribution is -0.116. The summed E-state index contributed by atoms with van der Waals surface area (Å²) < 4.78 is 29.7. The monoisotopic (exact) mass is 418 g/mol. The summed E-state index contributed by atoms with van der Waals surface area (Å²) in [5.74, 6) is 0.661. The maximum Gasteiger partial charge on any atom is 0.387 e. The molecule has 0 heterocycles. The first-order valence-corrected chi connectivity index (χ1v) is 9.95. The zero-order chi connectivity index (χ0) is 21.8. The van der Waals surface area contributed by atoms with Crippen LogP contribution in [-0.2, 0) is 17.9 Å². The average molecular weight is 418 g/mol. The minimum Gasteiger partial charge on any atom is -0.434 e. The Bertz CT molecular complexity index is 843. The van der Waals surface area contributed by atoms with Crippen LogP contribution in [0.1, 0.15) is 37.8 Å². The van der Waals surface area contributed by atoms with Crippen LogP contribution >= 0.6 is 0 Å². The standard InChI is InChI=1S/C22H28F2N4O2/c1-3-8-20(29)28-18-11-7-9-16(13-18)14-26-22(25-4-2)27-15-17-10-5-6-12-19(17)30-21(23)24/h5-7,9-13,21H,3-4,8,14-15H2,1-2H3,(H,28,29)(H2,25,26,27). The van der Waals surface area contributed by atoms with E-state index in [9.17, 15) is 13.6 Å². The quantitative estimate of drug-likeness (QED) is 0.398. The van der Waals surface area contributed by atoms with Crippen LogP contribution in [0.15, 0.2) is 53.5 Å². The van der Waals surface area contributed by atoms with E-state index in [0.717, 1.165) is 17.7 Å². The van der Waals surface area contributed by atoms with Gasteiger partial charge in [-0.2, -0.15) is 8.78 Å². The van der Waals surface area contributed by atoms with E-state index in [-0.39, 0.29) is 18.2 Å². The molecule has 0 aromatic heterocycles. The number of benzene rings is 2. The lowest BCUT2D eigenvalue weighted by atomic mass is 10.2. The molecule has 3 N–H and O–H groups in total. The third-order valence-electron chi connectivity index (χ3n) is 4.09. The van der Waals surface area contributed by atoms with E-state index in [4.69, 9.17) is 0 Å². The molecular formula is C22H28F2N4O2. The maximum atomic E-state index is 12.6. The molecular weight excluding hydrogens is 390 g/mol. The molecule has 2 aromatic rings. The number of carbonyl (C=O) groups excluding carboxylic acids is 1. The van der Waals surface area contributed by atoms with Gasteiger partial charge in [0.1, 0.15) is 5.75 Å². The highest BCUT2D eigenvalue weighted by Gasteiger charge is 2.09. The van der Waals surface area contributed by atoms with Crippen molar-refractivity contribution in [1.82, 2.24) is 10.6 Å². The number of nitrogens with zero attached hydrogens (tertiary/aromatic N) is 1. The number of anilines is 1. The van der Waals surface area contributed by atoms with Crippen LogP contribution in [0.2, 0.25) is 0 Å². The van der Waals surface area contributed by atoms with Gasteiger partial charge < -0.3 is 20.7 Å². The molecule has 0 aliphatic heterocycles. The van der Waals surface area contributed by atoms with Crippen molar-refractivity contribution in [3.8, 4) is 5.75 Å². The second kappa shape index (κ2) is 12.4. The van der Waals surface area contributed by atoms with Gasteiger partial charge in [-0.25, -0.2) is 4.99 Å². The number of halogens is 2. The van der Waals surface area contributed by atoms with Crippen LogP contribution in [0, 0.1) is 0 Å². The Hall–Kier alpha value is -3.16. The number of carbonyl (C=O) groups is 1. The molecule has 6 nitrogen and oxygen atoms in total. The van der Waals surface area contributed by atoms with E-state index in [1.165, 1.54) is 6.07 Å². The topological polar surface area (TPSA) is 74.8 Å². The van der Waals surface area contributed by atoms with Crippen LogP contribution in [0.3, 0.4) is 0 Å². The Labute approximate surface area is 175 Å². The highest BCUT2D eigenvalue weighted by Crippen LogP contribution is 2.20. The highest BCUT2D eigenvalue weighted by molar-refractivity contribution is 5.90. The van der Waals surface area contributed by atoms with E-state index in [0.29, 0.717) is 31.0 Å². The number of para-hydroxylation sites is 1. The molecule has 0 radical (unpaired) electrons. The minimum atomic E-state index is -2.88. The van der Waals surface area contributed by atoms with Crippen molar-refractivity contribution < 1.29 is 18.3 Å². The Morgan fingerprint density at radius 2 is 1.90 bits per heavy atom. The Morgan fingerprint density at radius 1 is 1.10 bits per heavy atom. The van der Waals surface area contributed by atoms with Crippen molar-refractivity contribution in [3.63, 3.8) is 0 Å². The molecule has 1 amide bonds. The van der Waals surface area contributed by atoms with Crippen LogP contribution in [0.4, 0.5) is 14.5 Å². The number of ether oxygens (including phenoxy) is 1. The minimum absolute atomic E-state index is 0.0159. The first kappa shape index (κ1) is 23.1. The number of aliphatic imine (C=N–C) groups is 1. The van der Waals surface area contributed by atoms with Gasteiger partial charge in [-0.05, 0) is 37.1 Å². The lowest BCUT2D eigenvalue weighted by Gasteiger charge is -2.14. The van der Waals surface area contributed by atoms with Crippen LogP contribution < -0.4 is 20.7 Å². The summed E-state index contributed by atoms with van der Waals surface area (Å²) in [6.07, 6.45) is 1.27. The van der Waals surface area contributed by atoms with E-state index in [2.05, 4.69) is 25.7 Å². The molecule has 0 atom stereocenters. The van der Waals surface area contributed by atoms with Gasteiger partial charge in [-0.3, -0.25) is 4.79 Å². The summed E-state index contributed by atoms with van der Waals surface area (Å²) in [6, 6.07) is 14.1. The average Bonchev–Trinajstić information content (AvgIpc) is 2.71. The van der Waals surface area contributed by atoms with Gasteiger partial charge in [0.25, 0.3) is 0 Å². The molecule has 0 fully saturated rings. The van der Waals surface area contributed by atoms with E-state index in [1.807, 2.05) is 38.1 Å². The Kier molecular flexibility index (Phi) is 9.57. The van der Waals surface area contributed by atoms with Gasteiger partial charge in [-0.1, -0.05) is 37.3 Å². The van der Waals surface area contributed by atoms with Gasteiger partial charge in [0, 0.05) is 30.8 Å². The Morgan fingerprint density at radius 3 is 2.63 bits per heavy atom. The maximum absolute atomic E-state index is 12.6. The number of hydrogen-bond acceptors (Lipinski definition) is 3. The number of amides is 1. The molecule has 2 aromatic carbocycles. The van der Waals surface area contributed by atoms with Gasteiger partial charge in [0.2, 0.25) is 5.91 Å². The molecule has 0 bridgehead atoms. The predicted molar refractivity (Wildman–Crippen MR) is 115 cm³/mol. The molecule has 0 spiro atoms. The van der Waals surface area contributed by atoms with Crippen LogP contribution in [0.25, 0.3) is 0 Å². The van der Waals surface area contributed by atoms with Gasteiger partial charge in [-0.15, -0.1) is 0 Å². The van der Waals surface area contributed by atoms with Gasteiger partial charge in [0.05, 0.1) is 6.54 Å². The fourth-order valence-electron chi connectivity index (χ4n) is 2.75. The zero-order valence-corrected chi connectivity index (χ0v) is 17.3. The number of hydrogen-bond donors (Lipinski definition) is 3. The summed E-state index contributed by atoms with van der Waals surface area (Å²) in [5.41, 5.74) is 2.27. The smallest absolute Gasteiger partial charge is 0.387 e. The second-order valence-corrected chi connectivity index (χ2v) is 6.53. The second-order valence-electron chi connectivity index (χ2n) is 6.53. The molecule has 162 valence electrons. The first-order valence-electron chi connectivity index (χ1n) is 9.95. The Balaban J connectivity index is 2.02. The summed E-state index contributed by atoms with van der Waals surface area (Å²) >= 11 is 0. The van der Waals surface area contributed by atoms with Crippen molar-refractivity contribution >= 4 is 17.6 Å². The van der Waals surface area contributed by atoms with Crippen LogP contribution in [0.5, 0.6) is 5.75 Å². The highest BCUT2D eigenvalue weighted by atomic mass is 19.3. The van der Waals surface area contributed by atoms with Crippen molar-refractivity contribution in [3.05, 3.63) is 59.7 Å².